The molecule has 1 unspecified atom stereocenters. The second kappa shape index (κ2) is 9.87. The van der Waals surface area contributed by atoms with E-state index in [0.717, 1.165) is 5.56 Å². The van der Waals surface area contributed by atoms with Crippen LogP contribution in [0.3, 0.4) is 0 Å². The standard InChI is InChI=1S/C13H18N2O6S/c1-20-12(16)11(7-14-9-22(18)19)15-13(17)21-8-10-5-3-2-4-6-10/h2-6,11,14H,7-9H2,1H3,(H,15,17)(H,18,19)/t11-/m1/s1. The molecule has 22 heavy (non-hydrogen) atoms. The number of ether oxygens (including phenoxy) is 2. The Kier molecular flexibility index (Phi) is 8.11. The van der Waals surface area contributed by atoms with E-state index in [4.69, 9.17) is 9.29 Å². The van der Waals surface area contributed by atoms with Crippen LogP contribution < -0.4 is 10.6 Å². The summed E-state index contributed by atoms with van der Waals surface area (Å²) in [5, 5.41) is 4.89. The first-order chi connectivity index (χ1) is 10.5. The third kappa shape index (κ3) is 7.16. The van der Waals surface area contributed by atoms with Crippen LogP contribution in [-0.4, -0.2) is 46.4 Å². The third-order valence-corrected chi connectivity index (χ3v) is 3.02. The first-order valence-electron chi connectivity index (χ1n) is 6.36. The molecule has 0 aliphatic rings. The first-order valence-corrected chi connectivity index (χ1v) is 7.63. The molecule has 0 radical (unpaired) electrons. The Balaban J connectivity index is 2.44. The summed E-state index contributed by atoms with van der Waals surface area (Å²) in [6, 6.07) is 8.04. The lowest BCUT2D eigenvalue weighted by atomic mass is 10.2. The zero-order valence-electron chi connectivity index (χ0n) is 12.0. The molecule has 3 N–H and O–H groups in total. The van der Waals surface area contributed by atoms with Gasteiger partial charge in [0.15, 0.2) is 11.1 Å². The molecule has 1 aromatic carbocycles. The Bertz CT molecular complexity index is 511. The van der Waals surface area contributed by atoms with Crippen LogP contribution in [-0.2, 0) is 32.0 Å². The molecule has 8 nitrogen and oxygen atoms in total. The molecule has 0 fully saturated rings. The van der Waals surface area contributed by atoms with E-state index < -0.39 is 29.2 Å². The molecule has 0 bridgehead atoms. The van der Waals surface area contributed by atoms with Gasteiger partial charge in [-0.15, -0.1) is 0 Å². The van der Waals surface area contributed by atoms with E-state index >= 15 is 0 Å². The van der Waals surface area contributed by atoms with Gasteiger partial charge in [0.25, 0.3) is 0 Å². The van der Waals surface area contributed by atoms with Crippen molar-refractivity contribution in [3.8, 4) is 0 Å². The summed E-state index contributed by atoms with van der Waals surface area (Å²) >= 11 is -2.05. The van der Waals surface area contributed by atoms with Gasteiger partial charge in [-0.1, -0.05) is 30.3 Å². The number of alkyl carbamates (subject to hydrolysis) is 1. The molecule has 122 valence electrons. The van der Waals surface area contributed by atoms with Gasteiger partial charge in [-0.25, -0.2) is 13.8 Å². The number of carbonyl (C=O) groups excluding carboxylic acids is 2. The van der Waals surface area contributed by atoms with Crippen LogP contribution in [0.25, 0.3) is 0 Å². The van der Waals surface area contributed by atoms with Gasteiger partial charge in [0, 0.05) is 6.54 Å². The maximum Gasteiger partial charge on any atom is 0.408 e. The zero-order valence-corrected chi connectivity index (χ0v) is 12.8. The highest BCUT2D eigenvalue weighted by Gasteiger charge is 2.22. The lowest BCUT2D eigenvalue weighted by molar-refractivity contribution is -0.142. The Morgan fingerprint density at radius 2 is 2.00 bits per heavy atom. The van der Waals surface area contributed by atoms with E-state index in [2.05, 4.69) is 15.4 Å². The van der Waals surface area contributed by atoms with Crippen LogP contribution in [0.5, 0.6) is 0 Å². The minimum atomic E-state index is -2.05. The normalized spacial score (nSPS) is 13.0. The minimum absolute atomic E-state index is 0.0561. The molecule has 1 amide bonds. The van der Waals surface area contributed by atoms with Crippen molar-refractivity contribution in [1.29, 1.82) is 0 Å². The molecule has 0 saturated heterocycles. The molecule has 0 spiro atoms. The summed E-state index contributed by atoms with van der Waals surface area (Å²) in [6.45, 7) is 0.00800. The molecule has 0 aromatic heterocycles. The number of benzene rings is 1. The van der Waals surface area contributed by atoms with Crippen LogP contribution in [0.15, 0.2) is 30.3 Å². The number of methoxy groups -OCH3 is 1. The van der Waals surface area contributed by atoms with Crippen molar-refractivity contribution in [3.05, 3.63) is 35.9 Å². The topological polar surface area (TPSA) is 114 Å². The number of hydrogen-bond donors (Lipinski definition) is 3. The van der Waals surface area contributed by atoms with Gasteiger partial charge in [0.05, 0.1) is 13.0 Å². The van der Waals surface area contributed by atoms with Crippen LogP contribution in [0.1, 0.15) is 5.56 Å². The monoisotopic (exact) mass is 330 g/mol. The van der Waals surface area contributed by atoms with Crippen molar-refractivity contribution in [2.24, 2.45) is 0 Å². The molecular weight excluding hydrogens is 312 g/mol. The fourth-order valence-electron chi connectivity index (χ4n) is 1.53. The fourth-order valence-corrected chi connectivity index (χ4v) is 1.83. The zero-order chi connectivity index (χ0) is 16.4. The molecule has 0 aliphatic carbocycles. The molecule has 0 aliphatic heterocycles. The predicted octanol–water partition coefficient (Wildman–Crippen LogP) is 0.223. The largest absolute Gasteiger partial charge is 0.467 e. The van der Waals surface area contributed by atoms with Gasteiger partial charge in [-0.3, -0.25) is 0 Å². The highest BCUT2D eigenvalue weighted by Crippen LogP contribution is 2.01. The second-order valence-electron chi connectivity index (χ2n) is 4.20. The summed E-state index contributed by atoms with van der Waals surface area (Å²) in [6.07, 6.45) is -0.786. The third-order valence-electron chi connectivity index (χ3n) is 2.56. The number of amides is 1. The van der Waals surface area contributed by atoms with Crippen molar-refractivity contribution in [2.45, 2.75) is 12.6 Å². The van der Waals surface area contributed by atoms with Crippen molar-refractivity contribution in [3.63, 3.8) is 0 Å². The summed E-state index contributed by atoms with van der Waals surface area (Å²) in [5.41, 5.74) is 0.807. The Hall–Kier alpha value is -1.97. The highest BCUT2D eigenvalue weighted by atomic mass is 32.2. The summed E-state index contributed by atoms with van der Waals surface area (Å²) in [7, 11) is 1.18. The summed E-state index contributed by atoms with van der Waals surface area (Å²) in [5.74, 6) is -0.915. The van der Waals surface area contributed by atoms with Gasteiger partial charge in [-0.2, -0.15) is 0 Å². The smallest absolute Gasteiger partial charge is 0.408 e. The van der Waals surface area contributed by atoms with E-state index in [-0.39, 0.29) is 19.0 Å². The van der Waals surface area contributed by atoms with Crippen LogP contribution in [0, 0.1) is 0 Å². The Morgan fingerprint density at radius 1 is 1.32 bits per heavy atom. The van der Waals surface area contributed by atoms with Crippen LogP contribution in [0.4, 0.5) is 4.79 Å². The van der Waals surface area contributed by atoms with Crippen molar-refractivity contribution in [1.82, 2.24) is 10.6 Å². The van der Waals surface area contributed by atoms with Gasteiger partial charge >= 0.3 is 12.1 Å². The molecule has 0 heterocycles. The van der Waals surface area contributed by atoms with Gasteiger partial charge in [0.1, 0.15) is 12.6 Å². The van der Waals surface area contributed by atoms with E-state index in [9.17, 15) is 13.8 Å². The predicted molar refractivity (Wildman–Crippen MR) is 79.2 cm³/mol. The van der Waals surface area contributed by atoms with Crippen LogP contribution >= 0.6 is 0 Å². The Morgan fingerprint density at radius 3 is 2.59 bits per heavy atom. The van der Waals surface area contributed by atoms with E-state index in [1.54, 1.807) is 12.1 Å². The van der Waals surface area contributed by atoms with Gasteiger partial charge in [0.2, 0.25) is 0 Å². The van der Waals surface area contributed by atoms with E-state index in [0.29, 0.717) is 0 Å². The molecule has 2 atom stereocenters. The van der Waals surface area contributed by atoms with Crippen LogP contribution in [0.2, 0.25) is 0 Å². The lowest BCUT2D eigenvalue weighted by Gasteiger charge is -2.16. The number of hydrogen-bond acceptors (Lipinski definition) is 6. The number of carbonyl (C=O) groups is 2. The average Bonchev–Trinajstić information content (AvgIpc) is 2.52. The average molecular weight is 330 g/mol. The molecule has 0 saturated carbocycles. The number of esters is 1. The fraction of sp³-hybridized carbons (Fsp3) is 0.385. The first kappa shape index (κ1) is 18.1. The van der Waals surface area contributed by atoms with Crippen molar-refractivity contribution < 1.29 is 27.8 Å². The number of nitrogens with one attached hydrogen (secondary N) is 2. The molecule has 1 aromatic rings. The Labute approximate surface area is 130 Å². The molecule has 9 heteroatoms. The van der Waals surface area contributed by atoms with Gasteiger partial charge in [-0.05, 0) is 5.56 Å². The maximum absolute atomic E-state index is 11.7. The van der Waals surface area contributed by atoms with E-state index in [1.165, 1.54) is 7.11 Å². The summed E-state index contributed by atoms with van der Waals surface area (Å²) < 4.78 is 28.7. The van der Waals surface area contributed by atoms with Crippen molar-refractivity contribution in [2.75, 3.05) is 19.5 Å². The van der Waals surface area contributed by atoms with Crippen molar-refractivity contribution >= 4 is 23.1 Å². The SMILES string of the molecule is COC(=O)[C@@H](CNCS(=O)O)NC(=O)OCc1ccccc1. The molecular formula is C13H18N2O6S. The second-order valence-corrected chi connectivity index (χ2v) is 5.13. The number of rotatable bonds is 8. The summed E-state index contributed by atoms with van der Waals surface area (Å²) in [4.78, 5) is 23.2. The van der Waals surface area contributed by atoms with E-state index in [1.807, 2.05) is 18.2 Å². The lowest BCUT2D eigenvalue weighted by Crippen LogP contribution is -2.48. The molecule has 1 rings (SSSR count). The highest BCUT2D eigenvalue weighted by molar-refractivity contribution is 7.79. The quantitative estimate of drug-likeness (QED) is 0.461. The minimum Gasteiger partial charge on any atom is -0.467 e. The van der Waals surface area contributed by atoms with Gasteiger partial charge < -0.3 is 24.7 Å². The maximum atomic E-state index is 11.7.